The molecule has 108 valence electrons. The van der Waals surface area contributed by atoms with Gasteiger partial charge >= 0.3 is 0 Å². The number of rotatable bonds is 3. The number of fused-ring (bicyclic) bond motifs is 2. The van der Waals surface area contributed by atoms with Crippen molar-refractivity contribution in [1.29, 1.82) is 0 Å². The second-order valence-electron chi connectivity index (χ2n) is 5.84. The molecule has 2 aliphatic rings. The smallest absolute Gasteiger partial charge is 0.272 e. The molecule has 3 rings (SSSR count). The Kier molecular flexibility index (Phi) is 3.03. The van der Waals surface area contributed by atoms with Gasteiger partial charge in [0.15, 0.2) is 0 Å². The molecule has 6 nitrogen and oxygen atoms in total. The maximum absolute atomic E-state index is 12.7. The minimum absolute atomic E-state index is 0.0266. The van der Waals surface area contributed by atoms with Crippen LogP contribution >= 0.6 is 0 Å². The molecular formula is C14H20N4O2. The van der Waals surface area contributed by atoms with Gasteiger partial charge in [-0.2, -0.15) is 5.10 Å². The Morgan fingerprint density at radius 2 is 2.30 bits per heavy atom. The maximum Gasteiger partial charge on any atom is 0.272 e. The minimum atomic E-state index is -0.296. The summed E-state index contributed by atoms with van der Waals surface area (Å²) >= 11 is 0. The van der Waals surface area contributed by atoms with Gasteiger partial charge < -0.3 is 10.2 Å². The molecule has 0 spiro atoms. The van der Waals surface area contributed by atoms with E-state index in [1.807, 2.05) is 13.0 Å². The monoisotopic (exact) mass is 276 g/mol. The summed E-state index contributed by atoms with van der Waals surface area (Å²) in [5, 5.41) is 7.36. The van der Waals surface area contributed by atoms with Crippen LogP contribution in [0.4, 0.5) is 0 Å². The molecule has 1 aromatic rings. The summed E-state index contributed by atoms with van der Waals surface area (Å²) in [7, 11) is 0. The van der Waals surface area contributed by atoms with Gasteiger partial charge in [-0.1, -0.05) is 13.8 Å². The third-order valence-electron chi connectivity index (χ3n) is 4.12. The maximum atomic E-state index is 12.7. The quantitative estimate of drug-likeness (QED) is 0.885. The molecule has 6 heteroatoms. The molecule has 2 aliphatic heterocycles. The summed E-state index contributed by atoms with van der Waals surface area (Å²) in [6.45, 7) is 7.35. The van der Waals surface area contributed by atoms with E-state index in [0.29, 0.717) is 18.8 Å². The SMILES string of the molecule is CCn1nc(C(C)C)cc1C(=O)N1C[C@@H]2C[C@H]1C(=O)N2. The predicted molar refractivity (Wildman–Crippen MR) is 73.4 cm³/mol. The van der Waals surface area contributed by atoms with Gasteiger partial charge in [0.25, 0.3) is 5.91 Å². The van der Waals surface area contributed by atoms with Crippen molar-refractivity contribution < 1.29 is 9.59 Å². The van der Waals surface area contributed by atoms with E-state index < -0.39 is 0 Å². The number of aromatic nitrogens is 2. The molecular weight excluding hydrogens is 256 g/mol. The minimum Gasteiger partial charge on any atom is -0.350 e. The highest BCUT2D eigenvalue weighted by atomic mass is 16.2. The summed E-state index contributed by atoms with van der Waals surface area (Å²) in [6.07, 6.45) is 0.738. The number of hydrogen-bond acceptors (Lipinski definition) is 3. The highest BCUT2D eigenvalue weighted by Crippen LogP contribution is 2.26. The third kappa shape index (κ3) is 1.90. The average molecular weight is 276 g/mol. The van der Waals surface area contributed by atoms with Gasteiger partial charge in [0, 0.05) is 19.1 Å². The van der Waals surface area contributed by atoms with Crippen LogP contribution in [-0.4, -0.2) is 45.1 Å². The van der Waals surface area contributed by atoms with Crippen molar-refractivity contribution >= 4 is 11.8 Å². The summed E-state index contributed by atoms with van der Waals surface area (Å²) in [5.74, 6) is 0.183. The van der Waals surface area contributed by atoms with E-state index >= 15 is 0 Å². The lowest BCUT2D eigenvalue weighted by Gasteiger charge is -2.26. The lowest BCUT2D eigenvalue weighted by molar-refractivity contribution is -0.124. The number of aryl methyl sites for hydroxylation is 1. The molecule has 0 aromatic carbocycles. The molecule has 2 saturated heterocycles. The Labute approximate surface area is 118 Å². The number of carbonyl (C=O) groups is 2. The molecule has 0 radical (unpaired) electrons. The summed E-state index contributed by atoms with van der Waals surface area (Å²) < 4.78 is 1.74. The molecule has 2 amide bonds. The summed E-state index contributed by atoms with van der Waals surface area (Å²) in [4.78, 5) is 26.1. The summed E-state index contributed by atoms with van der Waals surface area (Å²) in [5.41, 5.74) is 1.51. The van der Waals surface area contributed by atoms with E-state index in [4.69, 9.17) is 0 Å². The van der Waals surface area contributed by atoms with Gasteiger partial charge in [0.05, 0.1) is 5.69 Å². The molecule has 1 aromatic heterocycles. The first-order valence-corrected chi connectivity index (χ1v) is 7.20. The standard InChI is InChI=1S/C14H20N4O2/c1-4-18-12(6-10(16-18)8(2)3)14(20)17-7-9-5-11(17)13(19)15-9/h6,8-9,11H,4-5,7H2,1-3H3,(H,15,19)/t9-,11-/m0/s1. The molecule has 2 atom stereocenters. The highest BCUT2D eigenvalue weighted by molar-refractivity contribution is 5.98. The highest BCUT2D eigenvalue weighted by Gasteiger charge is 2.46. The first kappa shape index (κ1) is 13.1. The van der Waals surface area contributed by atoms with Crippen LogP contribution in [0.1, 0.15) is 49.3 Å². The van der Waals surface area contributed by atoms with Crippen LogP contribution in [0.5, 0.6) is 0 Å². The van der Waals surface area contributed by atoms with Gasteiger partial charge in [-0.05, 0) is 25.3 Å². The van der Waals surface area contributed by atoms with E-state index in [2.05, 4.69) is 24.3 Å². The average Bonchev–Trinajstić information content (AvgIpc) is 3.09. The number of nitrogens with one attached hydrogen (secondary N) is 1. The number of hydrogen-bond donors (Lipinski definition) is 1. The lowest BCUT2D eigenvalue weighted by Crippen LogP contribution is -2.50. The zero-order chi connectivity index (χ0) is 14.4. The molecule has 20 heavy (non-hydrogen) atoms. The van der Waals surface area contributed by atoms with Crippen molar-refractivity contribution in [2.75, 3.05) is 6.54 Å². The van der Waals surface area contributed by atoms with Gasteiger partial charge in [0.2, 0.25) is 5.91 Å². The molecule has 3 heterocycles. The third-order valence-corrected chi connectivity index (χ3v) is 4.12. The Morgan fingerprint density at radius 1 is 1.55 bits per heavy atom. The number of carbonyl (C=O) groups excluding carboxylic acids is 2. The molecule has 2 fully saturated rings. The largest absolute Gasteiger partial charge is 0.350 e. The molecule has 1 N–H and O–H groups in total. The second kappa shape index (κ2) is 4.61. The Morgan fingerprint density at radius 3 is 2.85 bits per heavy atom. The van der Waals surface area contributed by atoms with Crippen molar-refractivity contribution in [3.05, 3.63) is 17.5 Å². The van der Waals surface area contributed by atoms with Crippen molar-refractivity contribution in [2.45, 2.75) is 51.7 Å². The van der Waals surface area contributed by atoms with E-state index in [1.54, 1.807) is 9.58 Å². The molecule has 2 bridgehead atoms. The molecule has 0 unspecified atom stereocenters. The fourth-order valence-corrected chi connectivity index (χ4v) is 2.99. The fourth-order valence-electron chi connectivity index (χ4n) is 2.99. The van der Waals surface area contributed by atoms with Crippen molar-refractivity contribution in [2.24, 2.45) is 0 Å². The first-order chi connectivity index (χ1) is 9.51. The summed E-state index contributed by atoms with van der Waals surface area (Å²) in [6, 6.07) is 1.69. The van der Waals surface area contributed by atoms with E-state index in [0.717, 1.165) is 12.1 Å². The van der Waals surface area contributed by atoms with Crippen molar-refractivity contribution in [3.63, 3.8) is 0 Å². The number of likely N-dealkylation sites (tertiary alicyclic amines) is 1. The van der Waals surface area contributed by atoms with Crippen LogP contribution < -0.4 is 5.32 Å². The molecule has 0 saturated carbocycles. The Bertz CT molecular complexity index is 564. The zero-order valence-corrected chi connectivity index (χ0v) is 12.1. The molecule has 0 aliphatic carbocycles. The second-order valence-corrected chi connectivity index (χ2v) is 5.84. The van der Waals surface area contributed by atoms with Crippen LogP contribution in [0, 0.1) is 0 Å². The van der Waals surface area contributed by atoms with E-state index in [1.165, 1.54) is 0 Å². The fraction of sp³-hybridized carbons (Fsp3) is 0.643. The lowest BCUT2D eigenvalue weighted by atomic mass is 10.1. The van der Waals surface area contributed by atoms with E-state index in [-0.39, 0.29) is 29.8 Å². The van der Waals surface area contributed by atoms with Crippen molar-refractivity contribution in [1.82, 2.24) is 20.0 Å². The van der Waals surface area contributed by atoms with Gasteiger partial charge in [0.1, 0.15) is 11.7 Å². The van der Waals surface area contributed by atoms with E-state index in [9.17, 15) is 9.59 Å². The number of nitrogens with zero attached hydrogens (tertiary/aromatic N) is 3. The van der Waals surface area contributed by atoms with Crippen LogP contribution in [0.15, 0.2) is 6.07 Å². The topological polar surface area (TPSA) is 67.2 Å². The van der Waals surface area contributed by atoms with Gasteiger partial charge in [-0.25, -0.2) is 0 Å². The van der Waals surface area contributed by atoms with Gasteiger partial charge in [-0.3, -0.25) is 14.3 Å². The Hall–Kier alpha value is -1.85. The van der Waals surface area contributed by atoms with Crippen molar-refractivity contribution in [3.8, 4) is 0 Å². The Balaban J connectivity index is 1.89. The van der Waals surface area contributed by atoms with Crippen LogP contribution in [0.3, 0.4) is 0 Å². The predicted octanol–water partition coefficient (Wildman–Crippen LogP) is 0.739. The first-order valence-electron chi connectivity index (χ1n) is 7.20. The number of piperazine rings is 1. The van der Waals surface area contributed by atoms with Crippen LogP contribution in [0.25, 0.3) is 0 Å². The van der Waals surface area contributed by atoms with Gasteiger partial charge in [-0.15, -0.1) is 0 Å². The number of amides is 2. The van der Waals surface area contributed by atoms with Crippen LogP contribution in [0.2, 0.25) is 0 Å². The zero-order valence-electron chi connectivity index (χ0n) is 12.1. The van der Waals surface area contributed by atoms with Crippen LogP contribution in [-0.2, 0) is 11.3 Å². The normalized spacial score (nSPS) is 24.6.